The van der Waals surface area contributed by atoms with Crippen LogP contribution in [-0.2, 0) is 0 Å². The third kappa shape index (κ3) is 2.71. The number of thioether (sulfide) groups is 1. The number of aromatic amines is 1. The molecule has 94 valence electrons. The van der Waals surface area contributed by atoms with Crippen molar-refractivity contribution < 1.29 is 4.79 Å². The van der Waals surface area contributed by atoms with E-state index < -0.39 is 0 Å². The normalized spacial score (nSPS) is 10.7. The molecule has 3 heteroatoms. The SMILES string of the molecule is O=C(CSc1cc2ccccc2[nH]1)c1ccccc1. The standard InChI is InChI=1S/C16H13NOS/c18-15(12-6-2-1-3-7-12)11-19-16-10-13-8-4-5-9-14(13)17-16/h1-10,17H,11H2. The Bertz CT molecular complexity index is 670. The predicted molar refractivity (Wildman–Crippen MR) is 79.8 cm³/mol. The molecule has 0 radical (unpaired) electrons. The molecular weight excluding hydrogens is 254 g/mol. The Morgan fingerprint density at radius 3 is 2.53 bits per heavy atom. The van der Waals surface area contributed by atoms with Gasteiger partial charge >= 0.3 is 0 Å². The topological polar surface area (TPSA) is 32.9 Å². The van der Waals surface area contributed by atoms with Gasteiger partial charge in [0.15, 0.2) is 5.78 Å². The Morgan fingerprint density at radius 2 is 1.74 bits per heavy atom. The zero-order valence-electron chi connectivity index (χ0n) is 10.3. The van der Waals surface area contributed by atoms with Crippen molar-refractivity contribution in [1.82, 2.24) is 4.98 Å². The third-order valence-corrected chi connectivity index (χ3v) is 3.90. The minimum Gasteiger partial charge on any atom is -0.350 e. The smallest absolute Gasteiger partial charge is 0.173 e. The van der Waals surface area contributed by atoms with Gasteiger partial charge in [0, 0.05) is 16.5 Å². The van der Waals surface area contributed by atoms with Crippen molar-refractivity contribution in [2.75, 3.05) is 5.75 Å². The molecule has 0 spiro atoms. The monoisotopic (exact) mass is 267 g/mol. The minimum atomic E-state index is 0.157. The lowest BCUT2D eigenvalue weighted by Crippen LogP contribution is -2.01. The fraction of sp³-hybridized carbons (Fsp3) is 0.0625. The van der Waals surface area contributed by atoms with E-state index in [-0.39, 0.29) is 5.78 Å². The number of ketones is 1. The van der Waals surface area contributed by atoms with Crippen LogP contribution in [0.2, 0.25) is 0 Å². The average Bonchev–Trinajstić information content (AvgIpc) is 2.88. The molecule has 0 atom stereocenters. The van der Waals surface area contributed by atoms with Crippen molar-refractivity contribution in [2.45, 2.75) is 5.03 Å². The molecule has 0 fully saturated rings. The number of Topliss-reactive ketones (excluding diaryl/α,β-unsaturated/α-hetero) is 1. The summed E-state index contributed by atoms with van der Waals surface area (Å²) < 4.78 is 0. The molecule has 2 nitrogen and oxygen atoms in total. The molecule has 1 heterocycles. The van der Waals surface area contributed by atoms with Gasteiger partial charge in [-0.2, -0.15) is 0 Å². The van der Waals surface area contributed by atoms with Crippen LogP contribution in [0.15, 0.2) is 65.7 Å². The Morgan fingerprint density at radius 1 is 1.00 bits per heavy atom. The van der Waals surface area contributed by atoms with Gasteiger partial charge in [0.25, 0.3) is 0 Å². The molecule has 3 aromatic rings. The zero-order valence-corrected chi connectivity index (χ0v) is 11.1. The number of para-hydroxylation sites is 1. The summed E-state index contributed by atoms with van der Waals surface area (Å²) in [5.74, 6) is 0.612. The van der Waals surface area contributed by atoms with Crippen LogP contribution in [0, 0.1) is 0 Å². The van der Waals surface area contributed by atoms with E-state index in [1.54, 1.807) is 11.8 Å². The molecule has 0 aliphatic carbocycles. The van der Waals surface area contributed by atoms with Crippen LogP contribution in [-0.4, -0.2) is 16.5 Å². The summed E-state index contributed by atoms with van der Waals surface area (Å²) in [4.78, 5) is 15.3. The number of carbonyl (C=O) groups excluding carboxylic acids is 1. The molecule has 0 aliphatic rings. The highest BCUT2D eigenvalue weighted by Crippen LogP contribution is 2.23. The fourth-order valence-corrected chi connectivity index (χ4v) is 2.82. The molecule has 19 heavy (non-hydrogen) atoms. The largest absolute Gasteiger partial charge is 0.350 e. The fourth-order valence-electron chi connectivity index (χ4n) is 1.98. The molecule has 0 aliphatic heterocycles. The number of hydrogen-bond acceptors (Lipinski definition) is 2. The van der Waals surface area contributed by atoms with Crippen LogP contribution < -0.4 is 0 Å². The second-order valence-corrected chi connectivity index (χ2v) is 5.32. The van der Waals surface area contributed by atoms with Gasteiger partial charge in [0.2, 0.25) is 0 Å². The van der Waals surface area contributed by atoms with Crippen molar-refractivity contribution in [2.24, 2.45) is 0 Å². The van der Waals surface area contributed by atoms with Gasteiger partial charge in [-0.3, -0.25) is 4.79 Å². The van der Waals surface area contributed by atoms with Crippen molar-refractivity contribution in [3.05, 3.63) is 66.2 Å². The van der Waals surface area contributed by atoms with Crippen molar-refractivity contribution in [3.8, 4) is 0 Å². The first-order valence-electron chi connectivity index (χ1n) is 6.12. The van der Waals surface area contributed by atoms with Gasteiger partial charge in [0.05, 0.1) is 10.8 Å². The van der Waals surface area contributed by atoms with Crippen molar-refractivity contribution >= 4 is 28.4 Å². The van der Waals surface area contributed by atoms with Gasteiger partial charge in [-0.05, 0) is 12.1 Å². The molecule has 0 amide bonds. The second-order valence-electron chi connectivity index (χ2n) is 4.30. The van der Waals surface area contributed by atoms with Gasteiger partial charge in [-0.15, -0.1) is 11.8 Å². The molecule has 0 unspecified atom stereocenters. The van der Waals surface area contributed by atoms with Crippen LogP contribution in [0.25, 0.3) is 10.9 Å². The van der Waals surface area contributed by atoms with Gasteiger partial charge < -0.3 is 4.98 Å². The highest BCUT2D eigenvalue weighted by Gasteiger charge is 2.07. The van der Waals surface area contributed by atoms with Crippen LogP contribution in [0.3, 0.4) is 0 Å². The first-order valence-corrected chi connectivity index (χ1v) is 7.10. The zero-order chi connectivity index (χ0) is 13.1. The summed E-state index contributed by atoms with van der Waals surface area (Å²) in [6.45, 7) is 0. The van der Waals surface area contributed by atoms with Crippen LogP contribution in [0.5, 0.6) is 0 Å². The Balaban J connectivity index is 1.71. The summed E-state index contributed by atoms with van der Waals surface area (Å²) in [6.07, 6.45) is 0. The molecule has 1 N–H and O–H groups in total. The third-order valence-electron chi connectivity index (χ3n) is 2.96. The number of hydrogen-bond donors (Lipinski definition) is 1. The van der Waals surface area contributed by atoms with Crippen molar-refractivity contribution in [3.63, 3.8) is 0 Å². The predicted octanol–water partition coefficient (Wildman–Crippen LogP) is 4.14. The number of carbonyl (C=O) groups is 1. The van der Waals surface area contributed by atoms with E-state index in [1.165, 1.54) is 5.39 Å². The minimum absolute atomic E-state index is 0.157. The summed E-state index contributed by atoms with van der Waals surface area (Å²) in [5.41, 5.74) is 1.88. The van der Waals surface area contributed by atoms with Crippen LogP contribution in [0.1, 0.15) is 10.4 Å². The first kappa shape index (κ1) is 12.1. The molecule has 0 bridgehead atoms. The quantitative estimate of drug-likeness (QED) is 0.569. The van der Waals surface area contributed by atoms with E-state index >= 15 is 0 Å². The maximum absolute atomic E-state index is 12.0. The maximum atomic E-state index is 12.0. The number of nitrogens with one attached hydrogen (secondary N) is 1. The molecule has 2 aromatic carbocycles. The lowest BCUT2D eigenvalue weighted by molar-refractivity contribution is 0.102. The van der Waals surface area contributed by atoms with Gasteiger partial charge in [-0.1, -0.05) is 48.5 Å². The van der Waals surface area contributed by atoms with E-state index in [2.05, 4.69) is 17.1 Å². The maximum Gasteiger partial charge on any atom is 0.173 e. The lowest BCUT2D eigenvalue weighted by Gasteiger charge is -1.99. The molecule has 0 saturated carbocycles. The van der Waals surface area contributed by atoms with Gasteiger partial charge in [-0.25, -0.2) is 0 Å². The highest BCUT2D eigenvalue weighted by molar-refractivity contribution is 7.99. The van der Waals surface area contributed by atoms with E-state index in [1.807, 2.05) is 48.5 Å². The first-order chi connectivity index (χ1) is 9.33. The molecule has 0 saturated heterocycles. The summed E-state index contributed by atoms with van der Waals surface area (Å²) in [7, 11) is 0. The number of aromatic nitrogens is 1. The highest BCUT2D eigenvalue weighted by atomic mass is 32.2. The van der Waals surface area contributed by atoms with E-state index in [0.29, 0.717) is 5.75 Å². The second kappa shape index (κ2) is 5.33. The van der Waals surface area contributed by atoms with Crippen LogP contribution >= 0.6 is 11.8 Å². The number of rotatable bonds is 4. The van der Waals surface area contributed by atoms with Crippen molar-refractivity contribution in [1.29, 1.82) is 0 Å². The lowest BCUT2D eigenvalue weighted by atomic mass is 10.2. The Hall–Kier alpha value is -2.00. The average molecular weight is 267 g/mol. The van der Waals surface area contributed by atoms with Gasteiger partial charge in [0.1, 0.15) is 0 Å². The molecular formula is C16H13NOS. The Kier molecular flexibility index (Phi) is 3.38. The number of fused-ring (bicyclic) bond motifs is 1. The number of benzene rings is 2. The number of H-pyrrole nitrogens is 1. The van der Waals surface area contributed by atoms with E-state index in [0.717, 1.165) is 16.1 Å². The van der Waals surface area contributed by atoms with E-state index in [4.69, 9.17) is 0 Å². The summed E-state index contributed by atoms with van der Waals surface area (Å²) in [5, 5.41) is 2.21. The van der Waals surface area contributed by atoms with E-state index in [9.17, 15) is 4.79 Å². The Labute approximate surface area is 115 Å². The molecule has 3 rings (SSSR count). The van der Waals surface area contributed by atoms with Crippen LogP contribution in [0.4, 0.5) is 0 Å². The molecule has 1 aromatic heterocycles. The summed E-state index contributed by atoms with van der Waals surface area (Å²) in [6, 6.07) is 19.6. The summed E-state index contributed by atoms with van der Waals surface area (Å²) >= 11 is 1.54.